The van der Waals surface area contributed by atoms with E-state index < -0.39 is 0 Å². The molecule has 0 bridgehead atoms. The lowest BCUT2D eigenvalue weighted by molar-refractivity contribution is 0.408. The van der Waals surface area contributed by atoms with E-state index in [1.807, 2.05) is 0 Å². The van der Waals surface area contributed by atoms with Crippen LogP contribution >= 0.6 is 0 Å². The van der Waals surface area contributed by atoms with Gasteiger partial charge in [-0.2, -0.15) is 0 Å². The fourth-order valence-electron chi connectivity index (χ4n) is 1.90. The van der Waals surface area contributed by atoms with Crippen LogP contribution in [0.2, 0.25) is 0 Å². The maximum Gasteiger partial charge on any atom is -0.0300 e. The van der Waals surface area contributed by atoms with Crippen molar-refractivity contribution in [3.05, 3.63) is 12.2 Å². The van der Waals surface area contributed by atoms with E-state index in [-0.39, 0.29) is 0 Å². The summed E-state index contributed by atoms with van der Waals surface area (Å²) in [6, 6.07) is 0. The van der Waals surface area contributed by atoms with Crippen LogP contribution in [-0.4, -0.2) is 0 Å². The van der Waals surface area contributed by atoms with Crippen LogP contribution in [0.4, 0.5) is 0 Å². The van der Waals surface area contributed by atoms with E-state index in [0.29, 0.717) is 0 Å². The van der Waals surface area contributed by atoms with Crippen LogP contribution in [-0.2, 0) is 0 Å². The molecule has 0 saturated carbocycles. The van der Waals surface area contributed by atoms with Gasteiger partial charge >= 0.3 is 0 Å². The topological polar surface area (TPSA) is 0 Å². The van der Waals surface area contributed by atoms with Gasteiger partial charge in [0.15, 0.2) is 0 Å². The van der Waals surface area contributed by atoms with Gasteiger partial charge in [0.2, 0.25) is 0 Å². The van der Waals surface area contributed by atoms with Crippen molar-refractivity contribution in [3.8, 4) is 0 Å². The van der Waals surface area contributed by atoms with Gasteiger partial charge in [-0.1, -0.05) is 52.0 Å². The average Bonchev–Trinajstić information content (AvgIpc) is 2.00. The van der Waals surface area contributed by atoms with Gasteiger partial charge in [-0.3, -0.25) is 0 Å². The second kappa shape index (κ2) is 7.17. The highest BCUT2D eigenvalue weighted by molar-refractivity contribution is 4.89. The molecular weight excluding hydrogens is 156 g/mol. The number of hydrogen-bond acceptors (Lipinski definition) is 0. The molecule has 2 unspecified atom stereocenters. The molecule has 0 aromatic heterocycles. The first kappa shape index (κ1) is 12.7. The minimum Gasteiger partial charge on any atom is -0.100 e. The van der Waals surface area contributed by atoms with Crippen LogP contribution in [0.1, 0.15) is 59.8 Å². The molecule has 78 valence electrons. The first-order valence-electron chi connectivity index (χ1n) is 5.70. The summed E-state index contributed by atoms with van der Waals surface area (Å²) >= 11 is 0. The second-order valence-electron chi connectivity index (χ2n) is 4.74. The largest absolute Gasteiger partial charge is 0.100 e. The molecule has 0 amide bonds. The smallest absolute Gasteiger partial charge is 0.0300 e. The predicted molar refractivity (Wildman–Crippen MR) is 61.9 cm³/mol. The third kappa shape index (κ3) is 8.08. The Kier molecular flexibility index (Phi) is 7.03. The van der Waals surface area contributed by atoms with E-state index in [1.54, 1.807) is 0 Å². The van der Waals surface area contributed by atoms with Crippen molar-refractivity contribution in [2.75, 3.05) is 0 Å². The SMILES string of the molecule is C=C(C)CC(C)CCC(C)CCC. The van der Waals surface area contributed by atoms with Gasteiger partial charge in [0.05, 0.1) is 0 Å². The Bertz CT molecular complexity index is 135. The molecule has 0 rings (SSSR count). The van der Waals surface area contributed by atoms with Gasteiger partial charge in [-0.05, 0) is 25.2 Å². The maximum absolute atomic E-state index is 3.96. The first-order valence-corrected chi connectivity index (χ1v) is 5.70. The van der Waals surface area contributed by atoms with E-state index in [4.69, 9.17) is 0 Å². The molecule has 2 atom stereocenters. The maximum atomic E-state index is 3.96. The third-order valence-electron chi connectivity index (χ3n) is 2.63. The molecule has 0 aliphatic carbocycles. The lowest BCUT2D eigenvalue weighted by Crippen LogP contribution is -2.00. The third-order valence-corrected chi connectivity index (χ3v) is 2.63. The normalized spacial score (nSPS) is 15.4. The minimum atomic E-state index is 0.830. The highest BCUT2D eigenvalue weighted by Crippen LogP contribution is 2.20. The van der Waals surface area contributed by atoms with Crippen LogP contribution in [0.15, 0.2) is 12.2 Å². The zero-order valence-corrected chi connectivity index (χ0v) is 9.90. The summed E-state index contributed by atoms with van der Waals surface area (Å²) in [5.74, 6) is 1.74. The van der Waals surface area contributed by atoms with Crippen molar-refractivity contribution in [3.63, 3.8) is 0 Å². The molecule has 0 fully saturated rings. The molecule has 0 aromatic carbocycles. The summed E-state index contributed by atoms with van der Waals surface area (Å²) in [5, 5.41) is 0. The van der Waals surface area contributed by atoms with Gasteiger partial charge in [-0.25, -0.2) is 0 Å². The Morgan fingerprint density at radius 3 is 2.08 bits per heavy atom. The van der Waals surface area contributed by atoms with Crippen LogP contribution in [0, 0.1) is 11.8 Å². The zero-order chi connectivity index (χ0) is 10.3. The van der Waals surface area contributed by atoms with Crippen molar-refractivity contribution < 1.29 is 0 Å². The van der Waals surface area contributed by atoms with Crippen LogP contribution in [0.5, 0.6) is 0 Å². The summed E-state index contributed by atoms with van der Waals surface area (Å²) in [4.78, 5) is 0. The van der Waals surface area contributed by atoms with E-state index in [9.17, 15) is 0 Å². The quantitative estimate of drug-likeness (QED) is 0.496. The summed E-state index contributed by atoms with van der Waals surface area (Å²) in [6.45, 7) is 13.1. The lowest BCUT2D eigenvalue weighted by Gasteiger charge is -2.14. The fourth-order valence-corrected chi connectivity index (χ4v) is 1.90. The van der Waals surface area contributed by atoms with Gasteiger partial charge < -0.3 is 0 Å². The van der Waals surface area contributed by atoms with Gasteiger partial charge in [0, 0.05) is 0 Å². The van der Waals surface area contributed by atoms with Crippen LogP contribution < -0.4 is 0 Å². The number of hydrogen-bond donors (Lipinski definition) is 0. The van der Waals surface area contributed by atoms with E-state index in [1.165, 1.54) is 37.7 Å². The number of rotatable bonds is 7. The van der Waals surface area contributed by atoms with E-state index in [0.717, 1.165) is 11.8 Å². The van der Waals surface area contributed by atoms with Crippen molar-refractivity contribution in [1.82, 2.24) is 0 Å². The predicted octanol–water partition coefficient (Wildman–Crippen LogP) is 4.81. The molecule has 0 radical (unpaired) electrons. The van der Waals surface area contributed by atoms with Crippen molar-refractivity contribution in [2.45, 2.75) is 59.8 Å². The van der Waals surface area contributed by atoms with Crippen LogP contribution in [0.3, 0.4) is 0 Å². The van der Waals surface area contributed by atoms with Gasteiger partial charge in [0.1, 0.15) is 0 Å². The Morgan fingerprint density at radius 1 is 1.08 bits per heavy atom. The Balaban J connectivity index is 3.45. The van der Waals surface area contributed by atoms with Crippen molar-refractivity contribution in [1.29, 1.82) is 0 Å². The number of allylic oxidation sites excluding steroid dienone is 1. The second-order valence-corrected chi connectivity index (χ2v) is 4.74. The average molecular weight is 182 g/mol. The molecule has 0 heterocycles. The summed E-state index contributed by atoms with van der Waals surface area (Å²) < 4.78 is 0. The molecular formula is C13H26. The van der Waals surface area contributed by atoms with Gasteiger partial charge in [-0.15, -0.1) is 6.58 Å². The lowest BCUT2D eigenvalue weighted by atomic mass is 9.92. The van der Waals surface area contributed by atoms with E-state index in [2.05, 4.69) is 34.3 Å². The van der Waals surface area contributed by atoms with E-state index >= 15 is 0 Å². The summed E-state index contributed by atoms with van der Waals surface area (Å²) in [7, 11) is 0. The molecule has 0 spiro atoms. The summed E-state index contributed by atoms with van der Waals surface area (Å²) in [6.07, 6.45) is 6.69. The molecule has 0 aliphatic heterocycles. The molecule has 0 heteroatoms. The van der Waals surface area contributed by atoms with Crippen molar-refractivity contribution in [2.24, 2.45) is 11.8 Å². The highest BCUT2D eigenvalue weighted by Gasteiger charge is 2.05. The first-order chi connectivity index (χ1) is 6.06. The minimum absolute atomic E-state index is 0.830. The Labute approximate surface area is 84.4 Å². The Hall–Kier alpha value is -0.260. The molecule has 0 aliphatic rings. The Morgan fingerprint density at radius 2 is 1.62 bits per heavy atom. The molecule has 0 saturated heterocycles. The fraction of sp³-hybridized carbons (Fsp3) is 0.846. The monoisotopic (exact) mass is 182 g/mol. The molecule has 13 heavy (non-hydrogen) atoms. The van der Waals surface area contributed by atoms with Crippen LogP contribution in [0.25, 0.3) is 0 Å². The van der Waals surface area contributed by atoms with Crippen molar-refractivity contribution >= 4 is 0 Å². The molecule has 0 aromatic rings. The molecule has 0 N–H and O–H groups in total. The standard InChI is InChI=1S/C13H26/c1-6-7-12(4)8-9-13(5)10-11(2)3/h12-13H,2,6-10H2,1,3-5H3. The highest BCUT2D eigenvalue weighted by atomic mass is 14.1. The zero-order valence-electron chi connectivity index (χ0n) is 9.90. The van der Waals surface area contributed by atoms with Gasteiger partial charge in [0.25, 0.3) is 0 Å². The molecule has 0 nitrogen and oxygen atoms in total. The summed E-state index contributed by atoms with van der Waals surface area (Å²) in [5.41, 5.74) is 1.33.